The summed E-state index contributed by atoms with van der Waals surface area (Å²) in [7, 11) is 0. The van der Waals surface area contributed by atoms with Crippen LogP contribution >= 0.6 is 0 Å². The number of allylic oxidation sites excluding steroid dienone is 4. The van der Waals surface area contributed by atoms with Gasteiger partial charge in [0.1, 0.15) is 0 Å². The Hall–Kier alpha value is -1.64. The fourth-order valence-corrected chi connectivity index (χ4v) is 1.59. The Morgan fingerprint density at radius 2 is 2.18 bits per heavy atom. The summed E-state index contributed by atoms with van der Waals surface area (Å²) >= 11 is 0. The molecule has 0 saturated carbocycles. The van der Waals surface area contributed by atoms with Gasteiger partial charge in [-0.1, -0.05) is 24.3 Å². The minimum absolute atomic E-state index is 0.0669. The Labute approximate surface area is 102 Å². The number of hydrogen-bond donors (Lipinski definition) is 0. The monoisotopic (exact) mass is 234 g/mol. The summed E-state index contributed by atoms with van der Waals surface area (Å²) in [5, 5.41) is 0. The molecule has 1 rings (SSSR count). The first-order chi connectivity index (χ1) is 8.00. The molecule has 0 aromatic heterocycles. The van der Waals surface area contributed by atoms with E-state index in [-0.39, 0.29) is 17.7 Å². The Bertz CT molecular complexity index is 384. The van der Waals surface area contributed by atoms with Crippen molar-refractivity contribution in [2.24, 2.45) is 5.92 Å². The summed E-state index contributed by atoms with van der Waals surface area (Å²) in [6.45, 7) is 7.88. The van der Waals surface area contributed by atoms with Crippen LogP contribution < -0.4 is 0 Å². The minimum atomic E-state index is -0.302. The number of rotatable bonds is 5. The van der Waals surface area contributed by atoms with Crippen LogP contribution in [0.15, 0.2) is 36.0 Å². The molecule has 1 saturated heterocycles. The van der Waals surface area contributed by atoms with Crippen molar-refractivity contribution in [2.45, 2.75) is 26.7 Å². The van der Waals surface area contributed by atoms with E-state index in [0.717, 1.165) is 5.57 Å². The third-order valence-electron chi connectivity index (χ3n) is 2.53. The van der Waals surface area contributed by atoms with Crippen LogP contribution in [0, 0.1) is 5.92 Å². The molecule has 3 heteroatoms. The van der Waals surface area contributed by atoms with Crippen molar-refractivity contribution >= 4 is 11.8 Å². The van der Waals surface area contributed by atoms with Crippen molar-refractivity contribution in [1.82, 2.24) is 0 Å². The van der Waals surface area contributed by atoms with Crippen LogP contribution in [0.3, 0.4) is 0 Å². The van der Waals surface area contributed by atoms with Gasteiger partial charge in [0.2, 0.25) is 0 Å². The second-order valence-electron chi connectivity index (χ2n) is 4.42. The number of cyclic esters (lactones) is 1. The predicted octanol–water partition coefficient (Wildman–Crippen LogP) is 2.59. The normalized spacial score (nSPS) is 19.5. The van der Waals surface area contributed by atoms with Gasteiger partial charge in [-0.3, -0.25) is 4.79 Å². The minimum Gasteiger partial charge on any atom is -0.462 e. The Kier molecular flexibility index (Phi) is 4.88. The summed E-state index contributed by atoms with van der Waals surface area (Å²) in [4.78, 5) is 22.4. The zero-order valence-corrected chi connectivity index (χ0v) is 10.4. The van der Waals surface area contributed by atoms with E-state index in [2.05, 4.69) is 6.58 Å². The SMILES string of the molecule is C=C1C(=O)OC[C@@H]1C/C=C/CC(=O)C=C(C)C. The third-order valence-corrected chi connectivity index (χ3v) is 2.53. The Balaban J connectivity index is 2.32. The van der Waals surface area contributed by atoms with Crippen LogP contribution in [-0.4, -0.2) is 18.4 Å². The third kappa shape index (κ3) is 4.39. The van der Waals surface area contributed by atoms with Crippen molar-refractivity contribution in [2.75, 3.05) is 6.61 Å². The zero-order valence-electron chi connectivity index (χ0n) is 10.4. The van der Waals surface area contributed by atoms with Crippen LogP contribution in [0.1, 0.15) is 26.7 Å². The topological polar surface area (TPSA) is 43.4 Å². The molecule has 0 aliphatic carbocycles. The van der Waals surface area contributed by atoms with Gasteiger partial charge in [0.05, 0.1) is 6.61 Å². The molecule has 1 atom stereocenters. The van der Waals surface area contributed by atoms with E-state index in [1.54, 1.807) is 6.08 Å². The van der Waals surface area contributed by atoms with Gasteiger partial charge < -0.3 is 4.74 Å². The number of esters is 1. The smallest absolute Gasteiger partial charge is 0.333 e. The van der Waals surface area contributed by atoms with Crippen molar-refractivity contribution in [3.8, 4) is 0 Å². The second kappa shape index (κ2) is 6.18. The number of hydrogen-bond acceptors (Lipinski definition) is 3. The van der Waals surface area contributed by atoms with Crippen molar-refractivity contribution < 1.29 is 14.3 Å². The molecule has 3 nitrogen and oxygen atoms in total. The lowest BCUT2D eigenvalue weighted by Crippen LogP contribution is -2.00. The average Bonchev–Trinajstić information content (AvgIpc) is 2.54. The molecule has 1 fully saturated rings. The quantitative estimate of drug-likeness (QED) is 0.417. The van der Waals surface area contributed by atoms with Gasteiger partial charge in [-0.25, -0.2) is 4.79 Å². The summed E-state index contributed by atoms with van der Waals surface area (Å²) in [6, 6.07) is 0. The average molecular weight is 234 g/mol. The molecule has 0 N–H and O–H groups in total. The molecule has 1 aliphatic heterocycles. The number of ether oxygens (including phenoxy) is 1. The molecular formula is C14H18O3. The first-order valence-electron chi connectivity index (χ1n) is 5.69. The molecule has 1 heterocycles. The van der Waals surface area contributed by atoms with Gasteiger partial charge in [0.15, 0.2) is 5.78 Å². The van der Waals surface area contributed by atoms with E-state index in [1.165, 1.54) is 0 Å². The van der Waals surface area contributed by atoms with Gasteiger partial charge in [0, 0.05) is 17.9 Å². The molecule has 0 radical (unpaired) electrons. The number of carbonyl (C=O) groups excluding carboxylic acids is 2. The fourth-order valence-electron chi connectivity index (χ4n) is 1.59. The zero-order chi connectivity index (χ0) is 12.8. The predicted molar refractivity (Wildman–Crippen MR) is 66.4 cm³/mol. The van der Waals surface area contributed by atoms with Crippen LogP contribution in [0.25, 0.3) is 0 Å². The highest BCUT2D eigenvalue weighted by atomic mass is 16.5. The van der Waals surface area contributed by atoms with Gasteiger partial charge in [0.25, 0.3) is 0 Å². The van der Waals surface area contributed by atoms with Gasteiger partial charge in [-0.05, 0) is 26.3 Å². The number of ketones is 1. The highest BCUT2D eigenvalue weighted by Crippen LogP contribution is 2.22. The maximum absolute atomic E-state index is 11.3. The molecule has 0 aromatic rings. The Morgan fingerprint density at radius 1 is 1.47 bits per heavy atom. The van der Waals surface area contributed by atoms with Crippen LogP contribution in [0.4, 0.5) is 0 Å². The maximum atomic E-state index is 11.3. The van der Waals surface area contributed by atoms with E-state index in [0.29, 0.717) is 25.0 Å². The molecule has 0 spiro atoms. The first-order valence-corrected chi connectivity index (χ1v) is 5.69. The van der Waals surface area contributed by atoms with Crippen LogP contribution in [-0.2, 0) is 14.3 Å². The molecule has 17 heavy (non-hydrogen) atoms. The molecule has 1 aliphatic rings. The highest BCUT2D eigenvalue weighted by Gasteiger charge is 2.27. The van der Waals surface area contributed by atoms with Crippen LogP contribution in [0.2, 0.25) is 0 Å². The lowest BCUT2D eigenvalue weighted by molar-refractivity contribution is -0.135. The van der Waals surface area contributed by atoms with E-state index in [9.17, 15) is 9.59 Å². The van der Waals surface area contributed by atoms with Crippen molar-refractivity contribution in [1.29, 1.82) is 0 Å². The van der Waals surface area contributed by atoms with Gasteiger partial charge in [-0.15, -0.1) is 0 Å². The number of carbonyl (C=O) groups is 2. The van der Waals surface area contributed by atoms with E-state index in [4.69, 9.17) is 4.74 Å². The highest BCUT2D eigenvalue weighted by molar-refractivity contribution is 5.91. The summed E-state index contributed by atoms with van der Waals surface area (Å²) in [5.41, 5.74) is 1.54. The molecule has 92 valence electrons. The van der Waals surface area contributed by atoms with Crippen molar-refractivity contribution in [3.63, 3.8) is 0 Å². The Morgan fingerprint density at radius 3 is 2.71 bits per heavy atom. The van der Waals surface area contributed by atoms with Crippen LogP contribution in [0.5, 0.6) is 0 Å². The molecule has 0 unspecified atom stereocenters. The largest absolute Gasteiger partial charge is 0.462 e. The first kappa shape index (κ1) is 13.4. The summed E-state index contributed by atoms with van der Waals surface area (Å²) < 4.78 is 4.86. The lowest BCUT2D eigenvalue weighted by Gasteiger charge is -2.01. The lowest BCUT2D eigenvalue weighted by atomic mass is 10.00. The van der Waals surface area contributed by atoms with E-state index in [1.807, 2.05) is 26.0 Å². The van der Waals surface area contributed by atoms with E-state index >= 15 is 0 Å². The van der Waals surface area contributed by atoms with Gasteiger partial charge in [-0.2, -0.15) is 0 Å². The molecular weight excluding hydrogens is 216 g/mol. The van der Waals surface area contributed by atoms with Crippen molar-refractivity contribution in [3.05, 3.63) is 36.0 Å². The van der Waals surface area contributed by atoms with Gasteiger partial charge >= 0.3 is 5.97 Å². The summed E-state index contributed by atoms with van der Waals surface area (Å²) in [6.07, 6.45) is 6.48. The molecule has 0 amide bonds. The van der Waals surface area contributed by atoms with E-state index < -0.39 is 0 Å². The second-order valence-corrected chi connectivity index (χ2v) is 4.42. The summed E-state index contributed by atoms with van der Waals surface area (Å²) in [5.74, 6) is -0.139. The molecule has 0 aromatic carbocycles. The fraction of sp³-hybridized carbons (Fsp3) is 0.429. The molecule has 0 bridgehead atoms. The standard InChI is InChI=1S/C14H18O3/c1-10(2)8-13(15)7-5-4-6-12-9-17-14(16)11(12)3/h4-5,8,12H,3,6-7,9H2,1-2H3/b5-4+/t12-/m0/s1. The maximum Gasteiger partial charge on any atom is 0.333 e.